The minimum Gasteiger partial charge on any atom is -0.397 e. The Hall–Kier alpha value is -1.81. The van der Waals surface area contributed by atoms with Gasteiger partial charge in [0.25, 0.3) is 0 Å². The van der Waals surface area contributed by atoms with E-state index in [4.69, 9.17) is 10.5 Å². The fourth-order valence-corrected chi connectivity index (χ4v) is 2.63. The van der Waals surface area contributed by atoms with Crippen LogP contribution in [-0.4, -0.2) is 24.2 Å². The van der Waals surface area contributed by atoms with Gasteiger partial charge >= 0.3 is 0 Å². The van der Waals surface area contributed by atoms with E-state index in [1.807, 2.05) is 24.3 Å². The molecule has 0 unspecified atom stereocenters. The van der Waals surface area contributed by atoms with Crippen molar-refractivity contribution in [1.82, 2.24) is 4.98 Å². The zero-order valence-corrected chi connectivity index (χ0v) is 11.1. The average molecular weight is 257 g/mol. The molecule has 1 aromatic heterocycles. The Kier molecular flexibility index (Phi) is 3.03. The fraction of sp³-hybridized carbons (Fsp3) is 0.400. The molecule has 2 aromatic rings. The number of fused-ring (bicyclic) bond motifs is 1. The SMILES string of the molecule is COC1(CNc2ccnc3c(N)cccc23)CCC1. The zero-order valence-electron chi connectivity index (χ0n) is 11.1. The summed E-state index contributed by atoms with van der Waals surface area (Å²) in [6.45, 7) is 0.831. The second-order valence-corrected chi connectivity index (χ2v) is 5.20. The maximum atomic E-state index is 5.96. The minimum atomic E-state index is 0.00984. The molecule has 0 spiro atoms. The van der Waals surface area contributed by atoms with E-state index in [2.05, 4.69) is 10.3 Å². The minimum absolute atomic E-state index is 0.00984. The molecule has 4 nitrogen and oxygen atoms in total. The van der Waals surface area contributed by atoms with Gasteiger partial charge in [0, 0.05) is 30.9 Å². The molecule has 1 heterocycles. The maximum absolute atomic E-state index is 5.96. The Bertz CT molecular complexity index is 587. The third kappa shape index (κ3) is 2.12. The molecule has 4 heteroatoms. The summed E-state index contributed by atoms with van der Waals surface area (Å²) in [6.07, 6.45) is 5.30. The van der Waals surface area contributed by atoms with Crippen molar-refractivity contribution in [3.8, 4) is 0 Å². The molecule has 1 aliphatic rings. The van der Waals surface area contributed by atoms with Crippen LogP contribution in [0, 0.1) is 0 Å². The second kappa shape index (κ2) is 4.70. The Morgan fingerprint density at radius 3 is 2.89 bits per heavy atom. The second-order valence-electron chi connectivity index (χ2n) is 5.20. The van der Waals surface area contributed by atoms with E-state index in [0.29, 0.717) is 5.69 Å². The van der Waals surface area contributed by atoms with Gasteiger partial charge in [-0.25, -0.2) is 0 Å². The number of aromatic nitrogens is 1. The largest absolute Gasteiger partial charge is 0.397 e. The number of anilines is 2. The quantitative estimate of drug-likeness (QED) is 0.827. The number of nitrogens with zero attached hydrogens (tertiary/aromatic N) is 1. The number of methoxy groups -OCH3 is 1. The molecule has 1 saturated carbocycles. The lowest BCUT2D eigenvalue weighted by atomic mass is 9.80. The van der Waals surface area contributed by atoms with Crippen LogP contribution < -0.4 is 11.1 Å². The lowest BCUT2D eigenvalue weighted by molar-refractivity contribution is -0.0601. The first-order valence-corrected chi connectivity index (χ1v) is 6.66. The van der Waals surface area contributed by atoms with Crippen molar-refractivity contribution < 1.29 is 4.74 Å². The van der Waals surface area contributed by atoms with E-state index >= 15 is 0 Å². The Balaban J connectivity index is 1.87. The number of nitrogens with one attached hydrogen (secondary N) is 1. The normalized spacial score (nSPS) is 17.1. The number of rotatable bonds is 4. The van der Waals surface area contributed by atoms with Crippen molar-refractivity contribution in [1.29, 1.82) is 0 Å². The van der Waals surface area contributed by atoms with Crippen LogP contribution in [0.25, 0.3) is 10.9 Å². The molecule has 0 aliphatic heterocycles. The average Bonchev–Trinajstić information content (AvgIpc) is 2.39. The van der Waals surface area contributed by atoms with Gasteiger partial charge in [0.2, 0.25) is 0 Å². The van der Waals surface area contributed by atoms with Gasteiger partial charge in [-0.1, -0.05) is 12.1 Å². The highest BCUT2D eigenvalue weighted by Crippen LogP contribution is 2.35. The van der Waals surface area contributed by atoms with Crippen molar-refractivity contribution in [2.45, 2.75) is 24.9 Å². The summed E-state index contributed by atoms with van der Waals surface area (Å²) in [5.41, 5.74) is 8.60. The summed E-state index contributed by atoms with van der Waals surface area (Å²) in [5.74, 6) is 0. The highest BCUT2D eigenvalue weighted by Gasteiger charge is 2.36. The number of nitrogens with two attached hydrogens (primary N) is 1. The summed E-state index contributed by atoms with van der Waals surface area (Å²) in [4.78, 5) is 4.34. The van der Waals surface area contributed by atoms with Gasteiger partial charge < -0.3 is 15.8 Å². The molecule has 1 fully saturated rings. The summed E-state index contributed by atoms with van der Waals surface area (Å²) < 4.78 is 5.63. The number of hydrogen-bond donors (Lipinski definition) is 2. The highest BCUT2D eigenvalue weighted by atomic mass is 16.5. The maximum Gasteiger partial charge on any atom is 0.0951 e. The Morgan fingerprint density at radius 1 is 1.37 bits per heavy atom. The molecule has 19 heavy (non-hydrogen) atoms. The van der Waals surface area contributed by atoms with Crippen molar-refractivity contribution in [2.24, 2.45) is 0 Å². The predicted octanol–water partition coefficient (Wildman–Crippen LogP) is 2.80. The van der Waals surface area contributed by atoms with Gasteiger partial charge in [-0.15, -0.1) is 0 Å². The Morgan fingerprint density at radius 2 is 2.21 bits per heavy atom. The first kappa shape index (κ1) is 12.2. The van der Waals surface area contributed by atoms with Gasteiger partial charge in [0.1, 0.15) is 0 Å². The standard InChI is InChI=1S/C15H19N3O/c1-19-15(7-3-8-15)10-18-13-6-9-17-14-11(13)4-2-5-12(14)16/h2,4-6,9H,3,7-8,10,16H2,1H3,(H,17,18). The molecule has 0 atom stereocenters. The lowest BCUT2D eigenvalue weighted by Gasteiger charge is -2.40. The number of pyridine rings is 1. The molecular formula is C15H19N3O. The van der Waals surface area contributed by atoms with Crippen molar-refractivity contribution in [2.75, 3.05) is 24.7 Å². The topological polar surface area (TPSA) is 60.2 Å². The third-order valence-corrected chi connectivity index (χ3v) is 4.10. The number of hydrogen-bond acceptors (Lipinski definition) is 4. The monoisotopic (exact) mass is 257 g/mol. The number of nitrogen functional groups attached to an aromatic ring is 1. The van der Waals surface area contributed by atoms with E-state index in [1.165, 1.54) is 6.42 Å². The van der Waals surface area contributed by atoms with Crippen LogP contribution >= 0.6 is 0 Å². The fourth-order valence-electron chi connectivity index (χ4n) is 2.63. The molecule has 0 bridgehead atoms. The Labute approximate surface area is 113 Å². The zero-order chi connectivity index (χ0) is 13.3. The summed E-state index contributed by atoms with van der Waals surface area (Å²) >= 11 is 0. The lowest BCUT2D eigenvalue weighted by Crippen LogP contribution is -2.45. The van der Waals surface area contributed by atoms with Crippen LogP contribution in [0.3, 0.4) is 0 Å². The van der Waals surface area contributed by atoms with E-state index in [9.17, 15) is 0 Å². The molecule has 0 amide bonds. The summed E-state index contributed by atoms with van der Waals surface area (Å²) in [7, 11) is 1.80. The van der Waals surface area contributed by atoms with E-state index in [0.717, 1.165) is 36.0 Å². The summed E-state index contributed by atoms with van der Waals surface area (Å²) in [5, 5.41) is 4.55. The van der Waals surface area contributed by atoms with E-state index < -0.39 is 0 Å². The molecular weight excluding hydrogens is 238 g/mol. The first-order chi connectivity index (χ1) is 9.24. The van der Waals surface area contributed by atoms with Gasteiger partial charge in [-0.2, -0.15) is 0 Å². The molecule has 0 saturated heterocycles. The van der Waals surface area contributed by atoms with Crippen molar-refractivity contribution in [3.05, 3.63) is 30.5 Å². The molecule has 1 aromatic carbocycles. The van der Waals surface area contributed by atoms with Gasteiger partial charge in [0.05, 0.1) is 16.8 Å². The number of ether oxygens (including phenoxy) is 1. The number of benzene rings is 1. The molecule has 3 N–H and O–H groups in total. The summed E-state index contributed by atoms with van der Waals surface area (Å²) in [6, 6.07) is 7.87. The van der Waals surface area contributed by atoms with E-state index in [1.54, 1.807) is 13.3 Å². The van der Waals surface area contributed by atoms with Gasteiger partial charge in [0.15, 0.2) is 0 Å². The van der Waals surface area contributed by atoms with Crippen LogP contribution in [0.5, 0.6) is 0 Å². The van der Waals surface area contributed by atoms with Crippen molar-refractivity contribution >= 4 is 22.3 Å². The smallest absolute Gasteiger partial charge is 0.0951 e. The van der Waals surface area contributed by atoms with Crippen LogP contribution in [0.4, 0.5) is 11.4 Å². The predicted molar refractivity (Wildman–Crippen MR) is 78.2 cm³/mol. The van der Waals surface area contributed by atoms with Crippen LogP contribution in [0.1, 0.15) is 19.3 Å². The van der Waals surface area contributed by atoms with Crippen LogP contribution in [0.15, 0.2) is 30.5 Å². The molecule has 3 rings (SSSR count). The van der Waals surface area contributed by atoms with Crippen LogP contribution in [-0.2, 0) is 4.74 Å². The third-order valence-electron chi connectivity index (χ3n) is 4.10. The highest BCUT2D eigenvalue weighted by molar-refractivity contribution is 5.97. The number of para-hydroxylation sites is 1. The first-order valence-electron chi connectivity index (χ1n) is 6.66. The van der Waals surface area contributed by atoms with E-state index in [-0.39, 0.29) is 5.60 Å². The molecule has 100 valence electrons. The van der Waals surface area contributed by atoms with Crippen LogP contribution in [0.2, 0.25) is 0 Å². The van der Waals surface area contributed by atoms with Crippen molar-refractivity contribution in [3.63, 3.8) is 0 Å². The molecule has 1 aliphatic carbocycles. The molecule has 0 radical (unpaired) electrons. The van der Waals surface area contributed by atoms with Gasteiger partial charge in [-0.3, -0.25) is 4.98 Å². The van der Waals surface area contributed by atoms with Gasteiger partial charge in [-0.05, 0) is 31.4 Å².